The number of hydrogen-bond acceptors (Lipinski definition) is 4. The molecule has 0 spiro atoms. The van der Waals surface area contributed by atoms with Crippen molar-refractivity contribution in [3.63, 3.8) is 0 Å². The van der Waals surface area contributed by atoms with E-state index in [-0.39, 0.29) is 31.0 Å². The number of fused-ring (bicyclic) bond motifs is 10. The van der Waals surface area contributed by atoms with Crippen molar-refractivity contribution in [2.75, 3.05) is 0 Å². The van der Waals surface area contributed by atoms with Gasteiger partial charge in [0.1, 0.15) is 23.1 Å². The molecule has 4 aromatic carbocycles. The fraction of sp³-hybridized carbons (Fsp3) is 0.167. The van der Waals surface area contributed by atoms with Gasteiger partial charge in [0.05, 0.1) is 22.5 Å². The van der Waals surface area contributed by atoms with Gasteiger partial charge in [-0.3, -0.25) is 9.13 Å². The predicted molar refractivity (Wildman–Crippen MR) is 166 cm³/mol. The SMILES string of the molecule is CC1(C)c2cn(-c3ccccc3)c(n2)-c2cccc(c2O)C(C)(C)c2cn(-c3ccccc3)c(n2)-c2cccc1c2O.[Zn]. The van der Waals surface area contributed by atoms with E-state index in [2.05, 4.69) is 27.7 Å². The number of phenols is 2. The maximum atomic E-state index is 11.9. The van der Waals surface area contributed by atoms with Crippen LogP contribution in [0.5, 0.6) is 11.5 Å². The molecule has 0 amide bonds. The van der Waals surface area contributed by atoms with E-state index < -0.39 is 10.8 Å². The van der Waals surface area contributed by atoms with E-state index in [1.165, 1.54) is 0 Å². The number of rotatable bonds is 2. The van der Waals surface area contributed by atoms with Gasteiger partial charge >= 0.3 is 0 Å². The Morgan fingerprint density at radius 2 is 0.884 bits per heavy atom. The second-order valence-electron chi connectivity index (χ2n) is 12.0. The fourth-order valence-corrected chi connectivity index (χ4v) is 6.05. The first-order valence-electron chi connectivity index (χ1n) is 14.1. The molecule has 0 aliphatic carbocycles. The van der Waals surface area contributed by atoms with Crippen molar-refractivity contribution in [1.29, 1.82) is 0 Å². The number of imidazole rings is 2. The van der Waals surface area contributed by atoms with Gasteiger partial charge in [-0.25, -0.2) is 9.97 Å². The molecule has 3 heterocycles. The molecule has 2 N–H and O–H groups in total. The molecule has 43 heavy (non-hydrogen) atoms. The van der Waals surface area contributed by atoms with E-state index >= 15 is 0 Å². The maximum Gasteiger partial charge on any atom is 0.148 e. The second-order valence-corrected chi connectivity index (χ2v) is 12.0. The topological polar surface area (TPSA) is 76.1 Å². The van der Waals surface area contributed by atoms with Gasteiger partial charge in [-0.2, -0.15) is 0 Å². The molecule has 0 saturated carbocycles. The third kappa shape index (κ3) is 4.42. The van der Waals surface area contributed by atoms with Crippen molar-refractivity contribution in [2.24, 2.45) is 0 Å². The Hall–Kier alpha value is -4.48. The molecule has 0 atom stereocenters. The molecule has 7 heteroatoms. The first-order chi connectivity index (χ1) is 20.2. The summed E-state index contributed by atoms with van der Waals surface area (Å²) >= 11 is 0. The standard InChI is InChI=1S/C36H32N4O2.Zn/c1-35(2)27-19-11-17-25(31(27)41)34-38-30(22-40(34)24-15-9-6-10-16-24)36(3,4)28-20-12-18-26(32(28)42)33-37-29(35)21-39(33)23-13-7-5-8-14-23;/h5-22,41-42H,1-4H3;. The summed E-state index contributed by atoms with van der Waals surface area (Å²) in [6.07, 6.45) is 4.02. The number of benzene rings is 4. The molecule has 0 fully saturated rings. The quantitative estimate of drug-likeness (QED) is 0.195. The Labute approximate surface area is 264 Å². The van der Waals surface area contributed by atoms with E-state index in [4.69, 9.17) is 9.97 Å². The summed E-state index contributed by atoms with van der Waals surface area (Å²) in [5, 5.41) is 23.9. The Morgan fingerprint density at radius 3 is 1.26 bits per heavy atom. The van der Waals surface area contributed by atoms with Crippen LogP contribution in [0.1, 0.15) is 50.2 Å². The molecule has 7 rings (SSSR count). The summed E-state index contributed by atoms with van der Waals surface area (Å²) in [6.45, 7) is 8.25. The minimum Gasteiger partial charge on any atom is -0.507 e. The number of aromatic hydroxyl groups is 2. The molecule has 6 nitrogen and oxygen atoms in total. The number of aromatic nitrogens is 4. The van der Waals surface area contributed by atoms with Gasteiger partial charge in [-0.15, -0.1) is 0 Å². The summed E-state index contributed by atoms with van der Waals surface area (Å²) in [4.78, 5) is 10.3. The van der Waals surface area contributed by atoms with E-state index in [0.717, 1.165) is 33.9 Å². The molecule has 0 radical (unpaired) electrons. The third-order valence-electron chi connectivity index (χ3n) is 8.66. The number of para-hydroxylation sites is 4. The number of phenolic OH excluding ortho intramolecular Hbond substituents is 2. The predicted octanol–water partition coefficient (Wildman–Crippen LogP) is 7.77. The van der Waals surface area contributed by atoms with Crippen molar-refractivity contribution in [2.45, 2.75) is 38.5 Å². The molecule has 1 aliphatic rings. The molecule has 2 aromatic heterocycles. The van der Waals surface area contributed by atoms with Crippen LogP contribution in [0, 0.1) is 0 Å². The van der Waals surface area contributed by atoms with Crippen molar-refractivity contribution >= 4 is 0 Å². The summed E-state index contributed by atoms with van der Waals surface area (Å²) in [5.74, 6) is 1.60. The van der Waals surface area contributed by atoms with Crippen molar-refractivity contribution in [3.05, 3.63) is 132 Å². The molecular weight excluding hydrogens is 586 g/mol. The van der Waals surface area contributed by atoms with Gasteiger partial charge in [0, 0.05) is 65.2 Å². The van der Waals surface area contributed by atoms with Crippen LogP contribution in [0.25, 0.3) is 34.2 Å². The van der Waals surface area contributed by atoms with Crippen LogP contribution in [-0.4, -0.2) is 29.3 Å². The van der Waals surface area contributed by atoms with Crippen molar-refractivity contribution in [1.82, 2.24) is 19.1 Å². The van der Waals surface area contributed by atoms with Crippen LogP contribution in [0.4, 0.5) is 0 Å². The maximum absolute atomic E-state index is 11.9. The summed E-state index contributed by atoms with van der Waals surface area (Å²) in [6, 6.07) is 31.7. The van der Waals surface area contributed by atoms with Gasteiger partial charge in [0.15, 0.2) is 0 Å². The van der Waals surface area contributed by atoms with E-state index in [1.54, 1.807) is 0 Å². The van der Waals surface area contributed by atoms with Crippen LogP contribution in [-0.2, 0) is 30.3 Å². The monoisotopic (exact) mass is 616 g/mol. The first-order valence-corrected chi connectivity index (χ1v) is 14.1. The molecule has 210 valence electrons. The van der Waals surface area contributed by atoms with Crippen molar-refractivity contribution < 1.29 is 29.7 Å². The normalized spacial score (nSPS) is 14.4. The molecule has 8 bridgehead atoms. The zero-order valence-corrected chi connectivity index (χ0v) is 27.7. The van der Waals surface area contributed by atoms with Crippen molar-refractivity contribution in [3.8, 4) is 45.6 Å². The Kier molecular flexibility index (Phi) is 6.90. The smallest absolute Gasteiger partial charge is 0.148 e. The van der Waals surface area contributed by atoms with Crippen LogP contribution in [0.3, 0.4) is 0 Å². The van der Waals surface area contributed by atoms with E-state index in [0.29, 0.717) is 22.8 Å². The zero-order chi connectivity index (χ0) is 29.2. The van der Waals surface area contributed by atoms with E-state index in [1.807, 2.05) is 119 Å². The Bertz CT molecular complexity index is 1810. The van der Waals surface area contributed by atoms with Crippen LogP contribution >= 0.6 is 0 Å². The third-order valence-corrected chi connectivity index (χ3v) is 8.66. The summed E-state index contributed by atoms with van der Waals surface area (Å²) in [7, 11) is 0. The molecule has 0 unspecified atom stereocenters. The van der Waals surface area contributed by atoms with Gasteiger partial charge < -0.3 is 10.2 Å². The Morgan fingerprint density at radius 1 is 0.512 bits per heavy atom. The minimum absolute atomic E-state index is 0. The van der Waals surface area contributed by atoms with Gasteiger partial charge in [0.25, 0.3) is 0 Å². The van der Waals surface area contributed by atoms with Gasteiger partial charge in [-0.05, 0) is 64.1 Å². The summed E-state index contributed by atoms with van der Waals surface area (Å²) < 4.78 is 4.04. The summed E-state index contributed by atoms with van der Waals surface area (Å²) in [5.41, 5.74) is 4.76. The second kappa shape index (κ2) is 10.4. The molecular formula is C36H32N4O2Zn. The van der Waals surface area contributed by atoms with Crippen LogP contribution < -0.4 is 0 Å². The van der Waals surface area contributed by atoms with Gasteiger partial charge in [0.2, 0.25) is 0 Å². The van der Waals surface area contributed by atoms with Gasteiger partial charge in [-0.1, -0.05) is 60.7 Å². The number of nitrogens with zero attached hydrogens (tertiary/aromatic N) is 4. The molecule has 6 aromatic rings. The molecule has 0 saturated heterocycles. The van der Waals surface area contributed by atoms with Crippen LogP contribution in [0.15, 0.2) is 109 Å². The van der Waals surface area contributed by atoms with Crippen LogP contribution in [0.2, 0.25) is 0 Å². The number of hydrogen-bond donors (Lipinski definition) is 2. The molecule has 1 aliphatic heterocycles. The average Bonchev–Trinajstić information content (AvgIpc) is 3.64. The average molecular weight is 618 g/mol. The van der Waals surface area contributed by atoms with E-state index in [9.17, 15) is 10.2 Å². The first kappa shape index (κ1) is 28.6. The largest absolute Gasteiger partial charge is 0.507 e. The fourth-order valence-electron chi connectivity index (χ4n) is 6.05. The zero-order valence-electron chi connectivity index (χ0n) is 24.8. The minimum atomic E-state index is -0.682. The Balaban J connectivity index is 0.00000329.